The lowest BCUT2D eigenvalue weighted by atomic mass is 9.86. The molecule has 5 heteroatoms. The molecule has 1 fully saturated rings. The summed E-state index contributed by atoms with van der Waals surface area (Å²) in [6, 6.07) is 6.34. The minimum atomic E-state index is -0.661. The molecule has 0 radical (unpaired) electrons. The van der Waals surface area contributed by atoms with Gasteiger partial charge in [-0.1, -0.05) is 11.6 Å². The number of carboxylic acid groups (broad SMARTS) is 1. The maximum absolute atomic E-state index is 10.9. The number of thioether (sulfide) groups is 1. The summed E-state index contributed by atoms with van der Waals surface area (Å²) in [5.41, 5.74) is 1.02. The Balaban J connectivity index is 1.92. The summed E-state index contributed by atoms with van der Waals surface area (Å²) in [6.45, 7) is 0. The van der Waals surface area contributed by atoms with Crippen LogP contribution in [0.5, 0.6) is 0 Å². The lowest BCUT2D eigenvalue weighted by Gasteiger charge is -2.27. The quantitative estimate of drug-likeness (QED) is 0.821. The van der Waals surface area contributed by atoms with Gasteiger partial charge < -0.3 is 10.4 Å². The van der Waals surface area contributed by atoms with Gasteiger partial charge in [-0.25, -0.2) is 0 Å². The molecule has 2 N–H and O–H groups in total. The molecule has 0 saturated heterocycles. The Morgan fingerprint density at radius 3 is 2.58 bits per heavy atom. The molecular weight excluding hydrogens is 282 g/mol. The van der Waals surface area contributed by atoms with Crippen LogP contribution in [-0.2, 0) is 4.79 Å². The molecule has 0 aliphatic heterocycles. The molecule has 19 heavy (non-hydrogen) atoms. The molecule has 1 saturated carbocycles. The molecule has 1 aromatic rings. The molecule has 104 valence electrons. The summed E-state index contributed by atoms with van der Waals surface area (Å²) in [6.07, 6.45) is 5.31. The summed E-state index contributed by atoms with van der Waals surface area (Å²) in [7, 11) is 0. The number of hydrogen-bond donors (Lipinski definition) is 2. The second-order valence-electron chi connectivity index (χ2n) is 4.88. The first-order chi connectivity index (χ1) is 9.10. The molecule has 0 unspecified atom stereocenters. The highest BCUT2D eigenvalue weighted by molar-refractivity contribution is 7.98. The van der Waals surface area contributed by atoms with Crippen LogP contribution < -0.4 is 5.32 Å². The van der Waals surface area contributed by atoms with Crippen LogP contribution in [0.15, 0.2) is 23.1 Å². The van der Waals surface area contributed by atoms with E-state index in [1.807, 2.05) is 24.5 Å². The fraction of sp³-hybridized carbons (Fsp3) is 0.500. The fourth-order valence-electron chi connectivity index (χ4n) is 2.48. The summed E-state index contributed by atoms with van der Waals surface area (Å²) in [5.74, 6) is -0.827. The first kappa shape index (κ1) is 14.5. The lowest BCUT2D eigenvalue weighted by Crippen LogP contribution is -2.29. The molecule has 0 aromatic heterocycles. The normalized spacial score (nSPS) is 23.1. The number of benzene rings is 1. The molecule has 0 amide bonds. The summed E-state index contributed by atoms with van der Waals surface area (Å²) >= 11 is 7.80. The van der Waals surface area contributed by atoms with Crippen LogP contribution in [0.4, 0.5) is 5.69 Å². The van der Waals surface area contributed by atoms with Crippen molar-refractivity contribution >= 4 is 35.0 Å². The van der Waals surface area contributed by atoms with Crippen molar-refractivity contribution in [3.8, 4) is 0 Å². The van der Waals surface area contributed by atoms with Crippen molar-refractivity contribution in [3.63, 3.8) is 0 Å². The number of rotatable bonds is 4. The predicted octanol–water partition coefficient (Wildman–Crippen LogP) is 4.12. The highest BCUT2D eigenvalue weighted by Gasteiger charge is 2.25. The average Bonchev–Trinajstić information content (AvgIpc) is 2.39. The average molecular weight is 300 g/mol. The Bertz CT molecular complexity index is 459. The van der Waals surface area contributed by atoms with Gasteiger partial charge >= 0.3 is 5.97 Å². The number of anilines is 1. The third-order valence-corrected chi connectivity index (χ3v) is 4.82. The summed E-state index contributed by atoms with van der Waals surface area (Å²) in [4.78, 5) is 12.0. The van der Waals surface area contributed by atoms with Crippen LogP contribution in [0, 0.1) is 5.92 Å². The zero-order chi connectivity index (χ0) is 13.8. The van der Waals surface area contributed by atoms with Crippen molar-refractivity contribution in [1.82, 2.24) is 0 Å². The number of carboxylic acids is 1. The van der Waals surface area contributed by atoms with Crippen molar-refractivity contribution in [2.24, 2.45) is 5.92 Å². The topological polar surface area (TPSA) is 49.3 Å². The van der Waals surface area contributed by atoms with Gasteiger partial charge in [0.15, 0.2) is 0 Å². The molecule has 1 aromatic carbocycles. The van der Waals surface area contributed by atoms with E-state index >= 15 is 0 Å². The van der Waals surface area contributed by atoms with Crippen molar-refractivity contribution in [1.29, 1.82) is 0 Å². The van der Waals surface area contributed by atoms with Gasteiger partial charge in [0.1, 0.15) is 0 Å². The second kappa shape index (κ2) is 6.53. The first-order valence-electron chi connectivity index (χ1n) is 6.43. The van der Waals surface area contributed by atoms with Crippen LogP contribution in [0.1, 0.15) is 25.7 Å². The van der Waals surface area contributed by atoms with Crippen LogP contribution in [-0.4, -0.2) is 23.4 Å². The van der Waals surface area contributed by atoms with Crippen molar-refractivity contribution in [2.75, 3.05) is 11.6 Å². The van der Waals surface area contributed by atoms with E-state index in [-0.39, 0.29) is 5.92 Å². The van der Waals surface area contributed by atoms with Gasteiger partial charge in [-0.15, -0.1) is 11.8 Å². The molecule has 0 spiro atoms. The van der Waals surface area contributed by atoms with Gasteiger partial charge in [0.25, 0.3) is 0 Å². The Labute approximate surface area is 122 Å². The van der Waals surface area contributed by atoms with Gasteiger partial charge in [0.05, 0.1) is 10.9 Å². The molecule has 0 atom stereocenters. The molecule has 3 nitrogen and oxygen atoms in total. The van der Waals surface area contributed by atoms with Gasteiger partial charge in [-0.2, -0.15) is 0 Å². The van der Waals surface area contributed by atoms with E-state index in [1.54, 1.807) is 11.8 Å². The number of halogens is 1. The first-order valence-corrected chi connectivity index (χ1v) is 8.03. The van der Waals surface area contributed by atoms with E-state index in [4.69, 9.17) is 16.7 Å². The highest BCUT2D eigenvalue weighted by Crippen LogP contribution is 2.30. The number of hydrogen-bond acceptors (Lipinski definition) is 3. The highest BCUT2D eigenvalue weighted by atomic mass is 35.5. The lowest BCUT2D eigenvalue weighted by molar-refractivity contribution is -0.142. The van der Waals surface area contributed by atoms with E-state index in [1.165, 1.54) is 0 Å². The Kier molecular flexibility index (Phi) is 4.99. The van der Waals surface area contributed by atoms with E-state index < -0.39 is 5.97 Å². The molecule has 0 heterocycles. The van der Waals surface area contributed by atoms with Gasteiger partial charge in [0, 0.05) is 16.6 Å². The monoisotopic (exact) mass is 299 g/mol. The smallest absolute Gasteiger partial charge is 0.306 e. The minimum absolute atomic E-state index is 0.166. The van der Waals surface area contributed by atoms with Crippen molar-refractivity contribution in [3.05, 3.63) is 23.2 Å². The van der Waals surface area contributed by atoms with E-state index in [0.717, 1.165) is 41.3 Å². The predicted molar refractivity (Wildman–Crippen MR) is 80.2 cm³/mol. The maximum atomic E-state index is 10.9. The maximum Gasteiger partial charge on any atom is 0.306 e. The third-order valence-electron chi connectivity index (χ3n) is 3.60. The van der Waals surface area contributed by atoms with E-state index in [2.05, 4.69) is 5.32 Å². The number of nitrogens with one attached hydrogen (secondary N) is 1. The molecule has 1 aliphatic rings. The van der Waals surface area contributed by atoms with Gasteiger partial charge in [-0.3, -0.25) is 4.79 Å². The summed E-state index contributed by atoms with van der Waals surface area (Å²) < 4.78 is 0. The molecular formula is C14H18ClNO2S. The van der Waals surface area contributed by atoms with Crippen LogP contribution in [0.3, 0.4) is 0 Å². The van der Waals surface area contributed by atoms with Crippen LogP contribution in [0.2, 0.25) is 5.02 Å². The Morgan fingerprint density at radius 1 is 1.37 bits per heavy atom. The summed E-state index contributed by atoms with van der Waals surface area (Å²) in [5, 5.41) is 13.2. The Hall–Kier alpha value is -0.870. The van der Waals surface area contributed by atoms with Gasteiger partial charge in [0.2, 0.25) is 0 Å². The molecule has 2 rings (SSSR count). The second-order valence-corrected chi connectivity index (χ2v) is 6.14. The van der Waals surface area contributed by atoms with Gasteiger partial charge in [-0.05, 0) is 50.1 Å². The molecule has 1 aliphatic carbocycles. The van der Waals surface area contributed by atoms with Crippen LogP contribution >= 0.6 is 23.4 Å². The van der Waals surface area contributed by atoms with Crippen molar-refractivity contribution < 1.29 is 9.90 Å². The third kappa shape index (κ3) is 3.80. The zero-order valence-corrected chi connectivity index (χ0v) is 12.4. The van der Waals surface area contributed by atoms with E-state index in [9.17, 15) is 4.79 Å². The SMILES string of the molecule is CSc1ccc(NC2CCC(C(=O)O)CC2)cc1Cl. The number of carbonyl (C=O) groups is 1. The number of aliphatic carboxylic acids is 1. The Morgan fingerprint density at radius 2 is 2.05 bits per heavy atom. The van der Waals surface area contributed by atoms with E-state index in [0.29, 0.717) is 6.04 Å². The largest absolute Gasteiger partial charge is 0.481 e. The van der Waals surface area contributed by atoms with Crippen molar-refractivity contribution in [2.45, 2.75) is 36.6 Å². The fourth-order valence-corrected chi connectivity index (χ4v) is 3.35. The molecule has 0 bridgehead atoms. The zero-order valence-electron chi connectivity index (χ0n) is 10.9. The minimum Gasteiger partial charge on any atom is -0.481 e. The standard InChI is InChI=1S/C14H18ClNO2S/c1-19-13-7-6-11(8-12(13)15)16-10-4-2-9(3-5-10)14(17)18/h6-10,16H,2-5H2,1H3,(H,17,18). The van der Waals surface area contributed by atoms with Crippen LogP contribution in [0.25, 0.3) is 0 Å².